The van der Waals surface area contributed by atoms with E-state index in [1.165, 1.54) is 6.07 Å². The van der Waals surface area contributed by atoms with Gasteiger partial charge in [0.15, 0.2) is 0 Å². The Kier molecular flexibility index (Phi) is 3.61. The Balaban J connectivity index is 2.08. The minimum Gasteiger partial charge on any atom is -0.421 e. The first kappa shape index (κ1) is 12.8. The first-order valence-electron chi connectivity index (χ1n) is 5.65. The quantitative estimate of drug-likeness (QED) is 0.365. The summed E-state index contributed by atoms with van der Waals surface area (Å²) in [5, 5.41) is 10.4. The zero-order valence-corrected chi connectivity index (χ0v) is 10.2. The maximum absolute atomic E-state index is 11.7. The minimum absolute atomic E-state index is 0.203. The number of ether oxygens (including phenoxy) is 1. The van der Waals surface area contributed by atoms with E-state index in [9.17, 15) is 14.9 Å². The van der Waals surface area contributed by atoms with Crippen LogP contribution in [-0.4, -0.2) is 10.9 Å². The smallest absolute Gasteiger partial charge is 0.421 e. The highest BCUT2D eigenvalue weighted by Gasteiger charge is 2.18. The van der Waals surface area contributed by atoms with Crippen LogP contribution < -0.4 is 4.74 Å². The fraction of sp³-hybridized carbons (Fsp3) is 0.154. The van der Waals surface area contributed by atoms with Gasteiger partial charge in [-0.05, 0) is 30.2 Å². The molecule has 0 radical (unpaired) electrons. The van der Waals surface area contributed by atoms with Crippen molar-refractivity contribution in [2.75, 3.05) is 0 Å². The van der Waals surface area contributed by atoms with Gasteiger partial charge < -0.3 is 9.15 Å². The molecule has 0 saturated carbocycles. The molecule has 6 heteroatoms. The summed E-state index contributed by atoms with van der Waals surface area (Å²) >= 11 is 0. The van der Waals surface area contributed by atoms with E-state index < -0.39 is 16.8 Å². The van der Waals surface area contributed by atoms with Gasteiger partial charge in [-0.25, -0.2) is 4.79 Å². The van der Waals surface area contributed by atoms with E-state index in [2.05, 4.69) is 0 Å². The summed E-state index contributed by atoms with van der Waals surface area (Å²) in [7, 11) is 0. The summed E-state index contributed by atoms with van der Waals surface area (Å²) < 4.78 is 9.79. The lowest BCUT2D eigenvalue weighted by atomic mass is 10.2. The molecule has 0 bridgehead atoms. The molecule has 0 N–H and O–H groups in total. The van der Waals surface area contributed by atoms with Gasteiger partial charge in [0.2, 0.25) is 5.76 Å². The molecule has 0 unspecified atom stereocenters. The summed E-state index contributed by atoms with van der Waals surface area (Å²) in [4.78, 5) is 21.4. The second kappa shape index (κ2) is 5.34. The molecule has 6 nitrogen and oxygen atoms in total. The Morgan fingerprint density at radius 2 is 1.95 bits per heavy atom. The van der Waals surface area contributed by atoms with Crippen LogP contribution >= 0.6 is 0 Å². The standard InChI is InChI=1S/C13H11NO5/c1-2-9-3-5-10(6-4-9)18-13(15)11-7-8-12(19-11)14(16)17/h3-8H,2H2,1H3. The molecular formula is C13H11NO5. The van der Waals surface area contributed by atoms with Crippen LogP contribution in [0.15, 0.2) is 40.8 Å². The number of nitrogens with zero attached hydrogens (tertiary/aromatic N) is 1. The van der Waals surface area contributed by atoms with Crippen molar-refractivity contribution >= 4 is 11.9 Å². The average Bonchev–Trinajstić information content (AvgIpc) is 2.89. The molecule has 0 saturated heterocycles. The van der Waals surface area contributed by atoms with Crippen molar-refractivity contribution in [2.24, 2.45) is 0 Å². The molecule has 2 rings (SSSR count). The molecule has 98 valence electrons. The highest BCUT2D eigenvalue weighted by Crippen LogP contribution is 2.19. The van der Waals surface area contributed by atoms with E-state index in [-0.39, 0.29) is 5.76 Å². The van der Waals surface area contributed by atoms with Crippen molar-refractivity contribution < 1.29 is 18.9 Å². The highest BCUT2D eigenvalue weighted by atomic mass is 16.7. The largest absolute Gasteiger partial charge is 0.433 e. The number of carbonyl (C=O) groups excluding carboxylic acids is 1. The lowest BCUT2D eigenvalue weighted by molar-refractivity contribution is -0.402. The van der Waals surface area contributed by atoms with Crippen LogP contribution in [0.25, 0.3) is 0 Å². The normalized spacial score (nSPS) is 10.2. The van der Waals surface area contributed by atoms with Crippen molar-refractivity contribution in [1.29, 1.82) is 0 Å². The van der Waals surface area contributed by atoms with Crippen LogP contribution in [0.5, 0.6) is 5.75 Å². The molecular weight excluding hydrogens is 250 g/mol. The first-order chi connectivity index (χ1) is 9.10. The number of rotatable bonds is 4. The summed E-state index contributed by atoms with van der Waals surface area (Å²) in [6, 6.07) is 9.32. The maximum atomic E-state index is 11.7. The van der Waals surface area contributed by atoms with Gasteiger partial charge in [-0.15, -0.1) is 0 Å². The zero-order chi connectivity index (χ0) is 13.8. The van der Waals surface area contributed by atoms with Gasteiger partial charge in [-0.3, -0.25) is 10.1 Å². The number of benzene rings is 1. The van der Waals surface area contributed by atoms with E-state index in [0.717, 1.165) is 18.1 Å². The Morgan fingerprint density at radius 1 is 1.26 bits per heavy atom. The minimum atomic E-state index is -0.766. The van der Waals surface area contributed by atoms with Crippen LogP contribution in [-0.2, 0) is 6.42 Å². The summed E-state index contributed by atoms with van der Waals surface area (Å²) in [5.74, 6) is -1.10. The monoisotopic (exact) mass is 261 g/mol. The third-order valence-corrected chi connectivity index (χ3v) is 2.52. The van der Waals surface area contributed by atoms with E-state index in [0.29, 0.717) is 5.75 Å². The van der Waals surface area contributed by atoms with Crippen molar-refractivity contribution in [2.45, 2.75) is 13.3 Å². The first-order valence-corrected chi connectivity index (χ1v) is 5.65. The molecule has 0 spiro atoms. The van der Waals surface area contributed by atoms with E-state index in [4.69, 9.17) is 9.15 Å². The molecule has 0 atom stereocenters. The fourth-order valence-corrected chi connectivity index (χ4v) is 1.49. The second-order valence-electron chi connectivity index (χ2n) is 3.78. The Hall–Kier alpha value is -2.63. The fourth-order valence-electron chi connectivity index (χ4n) is 1.49. The van der Waals surface area contributed by atoms with E-state index in [1.807, 2.05) is 19.1 Å². The Labute approximate surface area is 108 Å². The number of nitro groups is 1. The molecule has 0 aliphatic heterocycles. The molecule has 0 fully saturated rings. The van der Waals surface area contributed by atoms with Crippen LogP contribution in [0.2, 0.25) is 0 Å². The lowest BCUT2D eigenvalue weighted by Gasteiger charge is -2.02. The lowest BCUT2D eigenvalue weighted by Crippen LogP contribution is -2.07. The molecule has 0 aliphatic carbocycles. The SMILES string of the molecule is CCc1ccc(OC(=O)c2ccc([N+](=O)[O-])o2)cc1. The Bertz CT molecular complexity index is 600. The zero-order valence-electron chi connectivity index (χ0n) is 10.2. The topological polar surface area (TPSA) is 82.6 Å². The van der Waals surface area contributed by atoms with Gasteiger partial charge in [-0.1, -0.05) is 19.1 Å². The van der Waals surface area contributed by atoms with E-state index >= 15 is 0 Å². The summed E-state index contributed by atoms with van der Waals surface area (Å²) in [6.07, 6.45) is 0.888. The van der Waals surface area contributed by atoms with Gasteiger partial charge >= 0.3 is 11.9 Å². The van der Waals surface area contributed by atoms with Crippen molar-refractivity contribution in [3.8, 4) is 5.75 Å². The number of hydrogen-bond donors (Lipinski definition) is 0. The average molecular weight is 261 g/mol. The van der Waals surface area contributed by atoms with Gasteiger partial charge in [0.05, 0.1) is 6.07 Å². The number of esters is 1. The third-order valence-electron chi connectivity index (χ3n) is 2.52. The van der Waals surface area contributed by atoms with Gasteiger partial charge in [-0.2, -0.15) is 0 Å². The third kappa shape index (κ3) is 2.98. The van der Waals surface area contributed by atoms with Crippen molar-refractivity contribution in [3.05, 3.63) is 57.8 Å². The predicted octanol–water partition coefficient (Wildman–Crippen LogP) is 2.97. The van der Waals surface area contributed by atoms with Crippen LogP contribution in [0.3, 0.4) is 0 Å². The molecule has 0 amide bonds. The van der Waals surface area contributed by atoms with Crippen molar-refractivity contribution in [1.82, 2.24) is 0 Å². The number of hydrogen-bond acceptors (Lipinski definition) is 5. The molecule has 1 aromatic heterocycles. The van der Waals surface area contributed by atoms with Gasteiger partial charge in [0.1, 0.15) is 10.7 Å². The molecule has 1 aromatic carbocycles. The van der Waals surface area contributed by atoms with Crippen LogP contribution in [0.1, 0.15) is 23.0 Å². The summed E-state index contributed by atoms with van der Waals surface area (Å²) in [5.41, 5.74) is 1.12. The molecule has 2 aromatic rings. The second-order valence-corrected chi connectivity index (χ2v) is 3.78. The van der Waals surface area contributed by atoms with Gasteiger partial charge in [0.25, 0.3) is 0 Å². The summed E-state index contributed by atoms with van der Waals surface area (Å²) in [6.45, 7) is 2.02. The number of furan rings is 1. The van der Waals surface area contributed by atoms with Gasteiger partial charge in [0, 0.05) is 0 Å². The van der Waals surface area contributed by atoms with Crippen LogP contribution in [0, 0.1) is 10.1 Å². The van der Waals surface area contributed by atoms with E-state index in [1.54, 1.807) is 12.1 Å². The molecule has 1 heterocycles. The highest BCUT2D eigenvalue weighted by molar-refractivity contribution is 5.88. The Morgan fingerprint density at radius 3 is 2.47 bits per heavy atom. The number of carbonyl (C=O) groups is 1. The number of aryl methyl sites for hydroxylation is 1. The van der Waals surface area contributed by atoms with Crippen molar-refractivity contribution in [3.63, 3.8) is 0 Å². The molecule has 19 heavy (non-hydrogen) atoms. The maximum Gasteiger partial charge on any atom is 0.433 e. The molecule has 0 aliphatic rings. The predicted molar refractivity (Wildman–Crippen MR) is 66.1 cm³/mol. The van der Waals surface area contributed by atoms with Crippen LogP contribution in [0.4, 0.5) is 5.88 Å².